The van der Waals surface area contributed by atoms with E-state index >= 15 is 0 Å². The van der Waals surface area contributed by atoms with Gasteiger partial charge in [-0.3, -0.25) is 19.5 Å². The highest BCUT2D eigenvalue weighted by molar-refractivity contribution is 7.12. The van der Waals surface area contributed by atoms with Crippen LogP contribution in [0.25, 0.3) is 0 Å². The molecule has 0 saturated carbocycles. The zero-order valence-corrected chi connectivity index (χ0v) is 17.8. The molecule has 1 unspecified atom stereocenters. The van der Waals surface area contributed by atoms with Crippen LogP contribution in [0.15, 0.2) is 42.0 Å². The highest BCUT2D eigenvalue weighted by atomic mass is 35.5. The molecule has 2 fully saturated rings. The van der Waals surface area contributed by atoms with E-state index in [1.165, 1.54) is 11.3 Å². The SMILES string of the molecule is Cl.O=C(CN1CCNCC1c1cccnc1)N1CCN(C(=O)c2cccs2)CC1. The highest BCUT2D eigenvalue weighted by Crippen LogP contribution is 2.21. The van der Waals surface area contributed by atoms with E-state index in [-0.39, 0.29) is 30.3 Å². The van der Waals surface area contributed by atoms with Crippen molar-refractivity contribution >= 4 is 35.6 Å². The maximum atomic E-state index is 12.9. The van der Waals surface area contributed by atoms with Gasteiger partial charge >= 0.3 is 0 Å². The quantitative estimate of drug-likeness (QED) is 0.788. The van der Waals surface area contributed by atoms with E-state index < -0.39 is 0 Å². The molecular weight excluding hydrogens is 410 g/mol. The van der Waals surface area contributed by atoms with Gasteiger partial charge in [-0.1, -0.05) is 12.1 Å². The van der Waals surface area contributed by atoms with Gasteiger partial charge in [-0.2, -0.15) is 0 Å². The second-order valence-electron chi connectivity index (χ2n) is 7.13. The van der Waals surface area contributed by atoms with E-state index in [1.54, 1.807) is 6.20 Å². The number of nitrogens with one attached hydrogen (secondary N) is 1. The summed E-state index contributed by atoms with van der Waals surface area (Å²) in [4.78, 5) is 36.3. The lowest BCUT2D eigenvalue weighted by molar-refractivity contribution is -0.134. The van der Waals surface area contributed by atoms with Crippen molar-refractivity contribution in [2.24, 2.45) is 0 Å². The Morgan fingerprint density at radius 3 is 2.59 bits per heavy atom. The van der Waals surface area contributed by atoms with Gasteiger partial charge in [-0.15, -0.1) is 23.7 Å². The smallest absolute Gasteiger partial charge is 0.264 e. The Bertz CT molecular complexity index is 796. The Morgan fingerprint density at radius 2 is 1.90 bits per heavy atom. The number of piperazine rings is 2. The van der Waals surface area contributed by atoms with Crippen LogP contribution in [0.3, 0.4) is 0 Å². The van der Waals surface area contributed by atoms with Crippen LogP contribution in [0.5, 0.6) is 0 Å². The van der Waals surface area contributed by atoms with Crippen molar-refractivity contribution < 1.29 is 9.59 Å². The number of amides is 2. The number of pyridine rings is 1. The Labute approximate surface area is 181 Å². The maximum Gasteiger partial charge on any atom is 0.264 e. The van der Waals surface area contributed by atoms with Crippen molar-refractivity contribution in [2.75, 3.05) is 52.4 Å². The van der Waals surface area contributed by atoms with Gasteiger partial charge in [0, 0.05) is 64.2 Å². The number of rotatable bonds is 4. The molecule has 7 nitrogen and oxygen atoms in total. The Balaban J connectivity index is 0.00000240. The number of halogens is 1. The molecule has 2 aromatic heterocycles. The lowest BCUT2D eigenvalue weighted by atomic mass is 10.1. The first-order valence-corrected chi connectivity index (χ1v) is 10.6. The summed E-state index contributed by atoms with van der Waals surface area (Å²) in [6, 6.07) is 7.91. The van der Waals surface area contributed by atoms with Crippen molar-refractivity contribution in [3.8, 4) is 0 Å². The third kappa shape index (κ3) is 5.14. The minimum Gasteiger partial charge on any atom is -0.338 e. The van der Waals surface area contributed by atoms with Crippen LogP contribution < -0.4 is 5.32 Å². The molecule has 1 N–H and O–H groups in total. The first kappa shape index (κ1) is 21.7. The van der Waals surface area contributed by atoms with E-state index in [0.29, 0.717) is 32.7 Å². The van der Waals surface area contributed by atoms with Crippen LogP contribution in [-0.4, -0.2) is 83.9 Å². The predicted octanol–water partition coefficient (Wildman–Crippen LogP) is 1.50. The molecule has 0 radical (unpaired) electrons. The van der Waals surface area contributed by atoms with E-state index in [2.05, 4.69) is 21.3 Å². The molecular formula is C20H26ClN5O2S. The Kier molecular flexibility index (Phi) is 7.60. The Morgan fingerprint density at radius 1 is 1.10 bits per heavy atom. The van der Waals surface area contributed by atoms with Gasteiger partial charge < -0.3 is 15.1 Å². The maximum absolute atomic E-state index is 12.9. The lowest BCUT2D eigenvalue weighted by Crippen LogP contribution is -2.54. The van der Waals surface area contributed by atoms with E-state index in [0.717, 1.165) is 30.1 Å². The second kappa shape index (κ2) is 10.2. The predicted molar refractivity (Wildman–Crippen MR) is 115 cm³/mol. The van der Waals surface area contributed by atoms with Gasteiger partial charge in [0.1, 0.15) is 0 Å². The van der Waals surface area contributed by atoms with E-state index in [9.17, 15) is 9.59 Å². The first-order chi connectivity index (χ1) is 13.7. The number of carbonyl (C=O) groups excluding carboxylic acids is 2. The number of aromatic nitrogens is 1. The van der Waals surface area contributed by atoms with Gasteiger partial charge in [0.2, 0.25) is 5.91 Å². The molecule has 0 aromatic carbocycles. The molecule has 156 valence electrons. The minimum atomic E-state index is 0. The molecule has 2 aromatic rings. The van der Waals surface area contributed by atoms with Crippen molar-refractivity contribution in [1.29, 1.82) is 0 Å². The molecule has 2 amide bonds. The monoisotopic (exact) mass is 435 g/mol. The average Bonchev–Trinajstić information content (AvgIpc) is 3.29. The van der Waals surface area contributed by atoms with Gasteiger partial charge in [0.15, 0.2) is 0 Å². The number of nitrogens with zero attached hydrogens (tertiary/aromatic N) is 4. The standard InChI is InChI=1S/C20H25N5O2S.ClH/c26-19(15-25-7-6-22-14-17(25)16-3-1-5-21-13-16)23-8-10-24(11-9-23)20(27)18-4-2-12-28-18;/h1-5,12-13,17,22H,6-11,14-15H2;1H. The molecule has 0 spiro atoms. The van der Waals surface area contributed by atoms with Crippen molar-refractivity contribution in [3.63, 3.8) is 0 Å². The fourth-order valence-electron chi connectivity index (χ4n) is 3.83. The summed E-state index contributed by atoms with van der Waals surface area (Å²) in [5, 5.41) is 5.33. The zero-order chi connectivity index (χ0) is 19.3. The number of thiophene rings is 1. The largest absolute Gasteiger partial charge is 0.338 e. The van der Waals surface area contributed by atoms with Gasteiger partial charge in [-0.25, -0.2) is 0 Å². The molecule has 1 atom stereocenters. The van der Waals surface area contributed by atoms with Gasteiger partial charge in [0.25, 0.3) is 5.91 Å². The summed E-state index contributed by atoms with van der Waals surface area (Å²) < 4.78 is 0. The van der Waals surface area contributed by atoms with E-state index in [4.69, 9.17) is 0 Å². The third-order valence-electron chi connectivity index (χ3n) is 5.41. The molecule has 0 bridgehead atoms. The summed E-state index contributed by atoms with van der Waals surface area (Å²) >= 11 is 1.46. The van der Waals surface area contributed by atoms with Crippen molar-refractivity contribution in [2.45, 2.75) is 6.04 Å². The topological polar surface area (TPSA) is 68.8 Å². The summed E-state index contributed by atoms with van der Waals surface area (Å²) in [7, 11) is 0. The molecule has 2 aliphatic heterocycles. The zero-order valence-electron chi connectivity index (χ0n) is 16.2. The van der Waals surface area contributed by atoms with Crippen LogP contribution >= 0.6 is 23.7 Å². The first-order valence-electron chi connectivity index (χ1n) is 9.67. The average molecular weight is 436 g/mol. The summed E-state index contributed by atoms with van der Waals surface area (Å²) in [5.41, 5.74) is 1.13. The van der Waals surface area contributed by atoms with Crippen LogP contribution in [0, 0.1) is 0 Å². The van der Waals surface area contributed by atoms with Crippen LogP contribution in [0.1, 0.15) is 21.3 Å². The van der Waals surface area contributed by atoms with Crippen molar-refractivity contribution in [1.82, 2.24) is 25.0 Å². The summed E-state index contributed by atoms with van der Waals surface area (Å²) in [6.45, 7) is 5.32. The second-order valence-corrected chi connectivity index (χ2v) is 8.07. The van der Waals surface area contributed by atoms with Gasteiger partial charge in [-0.05, 0) is 23.1 Å². The molecule has 2 saturated heterocycles. The third-order valence-corrected chi connectivity index (χ3v) is 6.27. The van der Waals surface area contributed by atoms with Gasteiger partial charge in [0.05, 0.1) is 11.4 Å². The molecule has 2 aliphatic rings. The van der Waals surface area contributed by atoms with Crippen LogP contribution in [0.4, 0.5) is 0 Å². The normalized spacial score (nSPS) is 20.2. The Hall–Kier alpha value is -2.00. The number of hydrogen-bond acceptors (Lipinski definition) is 6. The van der Waals surface area contributed by atoms with Crippen molar-refractivity contribution in [3.05, 3.63) is 52.5 Å². The summed E-state index contributed by atoms with van der Waals surface area (Å²) in [5.74, 6) is 0.208. The molecule has 29 heavy (non-hydrogen) atoms. The fourth-order valence-corrected chi connectivity index (χ4v) is 4.52. The minimum absolute atomic E-state index is 0. The lowest BCUT2D eigenvalue weighted by Gasteiger charge is -2.39. The van der Waals surface area contributed by atoms with Crippen LogP contribution in [-0.2, 0) is 4.79 Å². The highest BCUT2D eigenvalue weighted by Gasteiger charge is 2.29. The van der Waals surface area contributed by atoms with E-state index in [1.807, 2.05) is 39.6 Å². The van der Waals surface area contributed by atoms with Crippen LogP contribution in [0.2, 0.25) is 0 Å². The molecule has 9 heteroatoms. The fraction of sp³-hybridized carbons (Fsp3) is 0.450. The molecule has 4 rings (SSSR count). The molecule has 4 heterocycles. The number of carbonyl (C=O) groups is 2. The number of hydrogen-bond donors (Lipinski definition) is 1. The molecule has 0 aliphatic carbocycles. The summed E-state index contributed by atoms with van der Waals surface area (Å²) in [6.07, 6.45) is 3.65.